The number of nitrogens with zero attached hydrogens (tertiary/aromatic N) is 3. The molecular formula is C9H10N4. The average molecular weight is 174 g/mol. The fourth-order valence-corrected chi connectivity index (χ4v) is 1.13. The number of aromatic nitrogens is 4. The Kier molecular flexibility index (Phi) is 2.04. The largest absolute Gasteiger partial charge is 0.285 e. The molecule has 2 aromatic heterocycles. The highest BCUT2D eigenvalue weighted by atomic mass is 15.1. The molecule has 0 aliphatic carbocycles. The highest BCUT2D eigenvalue weighted by molar-refractivity contribution is 5.56. The molecule has 66 valence electrons. The zero-order valence-electron chi connectivity index (χ0n) is 7.36. The first-order valence-corrected chi connectivity index (χ1v) is 4.21. The first-order valence-electron chi connectivity index (χ1n) is 4.21. The van der Waals surface area contributed by atoms with E-state index in [4.69, 9.17) is 0 Å². The average Bonchev–Trinajstić information content (AvgIpc) is 2.71. The summed E-state index contributed by atoms with van der Waals surface area (Å²) in [5, 5.41) is 14.5. The van der Waals surface area contributed by atoms with E-state index in [1.54, 1.807) is 12.4 Å². The number of rotatable bonds is 2. The minimum Gasteiger partial charge on any atom is -0.285 e. The molecule has 0 unspecified atom stereocenters. The number of aryl methyl sites for hydroxylation is 1. The van der Waals surface area contributed by atoms with Crippen molar-refractivity contribution in [1.29, 1.82) is 0 Å². The van der Waals surface area contributed by atoms with Crippen LogP contribution in [0.4, 0.5) is 0 Å². The Morgan fingerprint density at radius 3 is 3.00 bits per heavy atom. The third kappa shape index (κ3) is 1.56. The van der Waals surface area contributed by atoms with Gasteiger partial charge in [0.05, 0.1) is 18.1 Å². The third-order valence-corrected chi connectivity index (χ3v) is 1.91. The SMILES string of the molecule is CCc1cnnc(-c2cn[nH]c2)c1. The highest BCUT2D eigenvalue weighted by Gasteiger charge is 2.01. The summed E-state index contributed by atoms with van der Waals surface area (Å²) in [6.07, 6.45) is 6.30. The van der Waals surface area contributed by atoms with Gasteiger partial charge in [0, 0.05) is 11.8 Å². The summed E-state index contributed by atoms with van der Waals surface area (Å²) in [7, 11) is 0. The van der Waals surface area contributed by atoms with Crippen LogP contribution >= 0.6 is 0 Å². The molecule has 0 atom stereocenters. The van der Waals surface area contributed by atoms with Crippen LogP contribution in [0.25, 0.3) is 11.3 Å². The van der Waals surface area contributed by atoms with E-state index in [0.29, 0.717) is 0 Å². The fourth-order valence-electron chi connectivity index (χ4n) is 1.13. The molecule has 13 heavy (non-hydrogen) atoms. The summed E-state index contributed by atoms with van der Waals surface area (Å²) in [6.45, 7) is 2.09. The van der Waals surface area contributed by atoms with Crippen LogP contribution in [0.3, 0.4) is 0 Å². The van der Waals surface area contributed by atoms with Gasteiger partial charge in [-0.2, -0.15) is 15.3 Å². The molecule has 2 heterocycles. The van der Waals surface area contributed by atoms with Gasteiger partial charge in [-0.3, -0.25) is 5.10 Å². The zero-order valence-corrected chi connectivity index (χ0v) is 7.36. The third-order valence-electron chi connectivity index (χ3n) is 1.91. The first kappa shape index (κ1) is 7.91. The molecule has 4 nitrogen and oxygen atoms in total. The molecule has 0 radical (unpaired) electrons. The summed E-state index contributed by atoms with van der Waals surface area (Å²) in [4.78, 5) is 0. The second-order valence-electron chi connectivity index (χ2n) is 2.79. The Bertz CT molecular complexity index is 380. The summed E-state index contributed by atoms with van der Waals surface area (Å²) in [6, 6.07) is 2.03. The molecule has 0 amide bonds. The van der Waals surface area contributed by atoms with Gasteiger partial charge in [0.25, 0.3) is 0 Å². The normalized spacial score (nSPS) is 10.2. The molecule has 0 bridgehead atoms. The predicted molar refractivity (Wildman–Crippen MR) is 49.0 cm³/mol. The molecular weight excluding hydrogens is 164 g/mol. The van der Waals surface area contributed by atoms with Gasteiger partial charge in [-0.1, -0.05) is 6.92 Å². The second-order valence-corrected chi connectivity index (χ2v) is 2.79. The maximum Gasteiger partial charge on any atom is 0.0963 e. The summed E-state index contributed by atoms with van der Waals surface area (Å²) < 4.78 is 0. The van der Waals surface area contributed by atoms with E-state index < -0.39 is 0 Å². The standard InChI is InChI=1S/C9H10N4/c1-2-7-3-9(13-12-4-7)8-5-10-11-6-8/h3-6H,2H2,1H3,(H,10,11). The molecule has 0 fully saturated rings. The van der Waals surface area contributed by atoms with Gasteiger partial charge in [0.2, 0.25) is 0 Å². The van der Waals surface area contributed by atoms with E-state index in [-0.39, 0.29) is 0 Å². The van der Waals surface area contributed by atoms with Gasteiger partial charge in [-0.25, -0.2) is 0 Å². The Labute approximate surface area is 76.0 Å². The van der Waals surface area contributed by atoms with Crippen molar-refractivity contribution in [2.75, 3.05) is 0 Å². The Morgan fingerprint density at radius 2 is 2.31 bits per heavy atom. The molecule has 0 saturated carbocycles. The van der Waals surface area contributed by atoms with Crippen molar-refractivity contribution >= 4 is 0 Å². The Balaban J connectivity index is 2.41. The van der Waals surface area contributed by atoms with Crippen molar-refractivity contribution in [2.45, 2.75) is 13.3 Å². The molecule has 0 aliphatic rings. The fraction of sp³-hybridized carbons (Fsp3) is 0.222. The van der Waals surface area contributed by atoms with Gasteiger partial charge < -0.3 is 0 Å². The summed E-state index contributed by atoms with van der Waals surface area (Å²) in [5.74, 6) is 0. The molecule has 0 spiro atoms. The number of aromatic amines is 1. The van der Waals surface area contributed by atoms with Crippen LogP contribution in [0.2, 0.25) is 0 Å². The van der Waals surface area contributed by atoms with Crippen LogP contribution in [0.5, 0.6) is 0 Å². The molecule has 0 aromatic carbocycles. The topological polar surface area (TPSA) is 54.5 Å². The smallest absolute Gasteiger partial charge is 0.0963 e. The predicted octanol–water partition coefficient (Wildman–Crippen LogP) is 1.43. The van der Waals surface area contributed by atoms with Crippen LogP contribution in [0, 0.1) is 0 Å². The lowest BCUT2D eigenvalue weighted by atomic mass is 10.2. The molecule has 0 aliphatic heterocycles. The van der Waals surface area contributed by atoms with Gasteiger partial charge in [0.1, 0.15) is 0 Å². The number of hydrogen-bond donors (Lipinski definition) is 1. The van der Waals surface area contributed by atoms with Crippen molar-refractivity contribution in [3.8, 4) is 11.3 Å². The van der Waals surface area contributed by atoms with E-state index in [2.05, 4.69) is 27.3 Å². The second kappa shape index (κ2) is 3.35. The number of H-pyrrole nitrogens is 1. The van der Waals surface area contributed by atoms with E-state index in [9.17, 15) is 0 Å². The minimum absolute atomic E-state index is 0.869. The molecule has 2 aromatic rings. The molecule has 0 saturated heterocycles. The van der Waals surface area contributed by atoms with Crippen LogP contribution < -0.4 is 0 Å². The van der Waals surface area contributed by atoms with E-state index in [1.165, 1.54) is 5.56 Å². The lowest BCUT2D eigenvalue weighted by Crippen LogP contribution is -1.89. The van der Waals surface area contributed by atoms with Gasteiger partial charge in [-0.15, -0.1) is 0 Å². The highest BCUT2D eigenvalue weighted by Crippen LogP contribution is 2.14. The van der Waals surface area contributed by atoms with E-state index in [0.717, 1.165) is 17.7 Å². The maximum atomic E-state index is 4.02. The van der Waals surface area contributed by atoms with Crippen LogP contribution in [0.1, 0.15) is 12.5 Å². The first-order chi connectivity index (χ1) is 6.40. The summed E-state index contributed by atoms with van der Waals surface area (Å²) in [5.41, 5.74) is 3.03. The van der Waals surface area contributed by atoms with Gasteiger partial charge in [0.15, 0.2) is 0 Å². The van der Waals surface area contributed by atoms with Crippen molar-refractivity contribution in [1.82, 2.24) is 20.4 Å². The zero-order chi connectivity index (χ0) is 9.10. The lowest BCUT2D eigenvalue weighted by molar-refractivity contribution is 0.989. The minimum atomic E-state index is 0.869. The number of hydrogen-bond acceptors (Lipinski definition) is 3. The van der Waals surface area contributed by atoms with Crippen LogP contribution in [-0.4, -0.2) is 20.4 Å². The van der Waals surface area contributed by atoms with Crippen LogP contribution in [-0.2, 0) is 6.42 Å². The van der Waals surface area contributed by atoms with Crippen molar-refractivity contribution in [3.63, 3.8) is 0 Å². The van der Waals surface area contributed by atoms with Gasteiger partial charge >= 0.3 is 0 Å². The molecule has 1 N–H and O–H groups in total. The van der Waals surface area contributed by atoms with E-state index >= 15 is 0 Å². The van der Waals surface area contributed by atoms with E-state index in [1.807, 2.05) is 12.3 Å². The maximum absolute atomic E-state index is 4.02. The van der Waals surface area contributed by atoms with Crippen LogP contribution in [0.15, 0.2) is 24.7 Å². The van der Waals surface area contributed by atoms with Crippen molar-refractivity contribution in [2.24, 2.45) is 0 Å². The van der Waals surface area contributed by atoms with Crippen molar-refractivity contribution < 1.29 is 0 Å². The Hall–Kier alpha value is -1.71. The quantitative estimate of drug-likeness (QED) is 0.749. The monoisotopic (exact) mass is 174 g/mol. The summed E-state index contributed by atoms with van der Waals surface area (Å²) >= 11 is 0. The molecule has 2 rings (SSSR count). The van der Waals surface area contributed by atoms with Gasteiger partial charge in [-0.05, 0) is 18.1 Å². The number of nitrogens with one attached hydrogen (secondary N) is 1. The Morgan fingerprint density at radius 1 is 1.38 bits per heavy atom. The lowest BCUT2D eigenvalue weighted by Gasteiger charge is -1.97. The van der Waals surface area contributed by atoms with Crippen molar-refractivity contribution in [3.05, 3.63) is 30.2 Å². The molecule has 4 heteroatoms.